The summed E-state index contributed by atoms with van der Waals surface area (Å²) in [4.78, 5) is 43.0. The van der Waals surface area contributed by atoms with Crippen LogP contribution in [-0.2, 0) is 9.59 Å². The average molecular weight is 390 g/mol. The van der Waals surface area contributed by atoms with Gasteiger partial charge >= 0.3 is 0 Å². The van der Waals surface area contributed by atoms with Crippen LogP contribution in [0, 0.1) is 5.92 Å². The molecule has 3 aromatic rings. The van der Waals surface area contributed by atoms with Gasteiger partial charge in [0, 0.05) is 17.4 Å². The number of hydrogen-bond acceptors (Lipinski definition) is 3. The molecule has 29 heavy (non-hydrogen) atoms. The molecule has 0 radical (unpaired) electrons. The van der Waals surface area contributed by atoms with Crippen LogP contribution < -0.4 is 15.5 Å². The lowest BCUT2D eigenvalue weighted by Gasteiger charge is -2.26. The van der Waals surface area contributed by atoms with E-state index in [-0.39, 0.29) is 30.2 Å². The number of carbonyl (C=O) groups excluding carboxylic acids is 3. The van der Waals surface area contributed by atoms with Crippen molar-refractivity contribution >= 4 is 40.0 Å². The van der Waals surface area contributed by atoms with Gasteiger partial charge in [-0.05, 0) is 41.6 Å². The summed E-state index contributed by atoms with van der Waals surface area (Å²) in [6, 6.07) is 13.6. The molecule has 0 saturated carbocycles. The highest BCUT2D eigenvalue weighted by atomic mass is 16.2. The van der Waals surface area contributed by atoms with Gasteiger partial charge in [-0.3, -0.25) is 14.4 Å². The van der Waals surface area contributed by atoms with Gasteiger partial charge in [0.25, 0.3) is 5.91 Å². The Morgan fingerprint density at radius 1 is 1.14 bits per heavy atom. The molecule has 1 aromatic heterocycles. The van der Waals surface area contributed by atoms with Gasteiger partial charge in [0.1, 0.15) is 12.6 Å². The van der Waals surface area contributed by atoms with Crippen molar-refractivity contribution in [2.45, 2.75) is 19.9 Å². The molecular weight excluding hydrogens is 368 g/mol. The van der Waals surface area contributed by atoms with E-state index in [4.69, 9.17) is 0 Å². The van der Waals surface area contributed by atoms with Crippen molar-refractivity contribution in [3.05, 3.63) is 60.3 Å². The Hall–Kier alpha value is -3.61. The average Bonchev–Trinajstić information content (AvgIpc) is 3.13. The summed E-state index contributed by atoms with van der Waals surface area (Å²) in [5.41, 5.74) is 2.36. The first-order chi connectivity index (χ1) is 13.9. The van der Waals surface area contributed by atoms with Crippen LogP contribution in [0.4, 0.5) is 11.4 Å². The number of amides is 3. The number of aromatic amines is 1. The molecule has 2 heterocycles. The molecule has 0 unspecified atom stereocenters. The summed E-state index contributed by atoms with van der Waals surface area (Å²) in [5, 5.41) is 6.67. The van der Waals surface area contributed by atoms with Crippen LogP contribution >= 0.6 is 0 Å². The molecule has 0 spiro atoms. The van der Waals surface area contributed by atoms with Crippen molar-refractivity contribution in [1.82, 2.24) is 10.3 Å². The number of rotatable bonds is 4. The lowest BCUT2D eigenvalue weighted by atomic mass is 10.0. The Labute approximate surface area is 168 Å². The fourth-order valence-electron chi connectivity index (χ4n) is 3.55. The van der Waals surface area contributed by atoms with Gasteiger partial charge in [-0.15, -0.1) is 0 Å². The predicted molar refractivity (Wildman–Crippen MR) is 112 cm³/mol. The van der Waals surface area contributed by atoms with Gasteiger partial charge in [0.2, 0.25) is 11.8 Å². The number of para-hydroxylation sites is 1. The third-order valence-corrected chi connectivity index (χ3v) is 5.07. The highest BCUT2D eigenvalue weighted by Crippen LogP contribution is 2.26. The predicted octanol–water partition coefficient (Wildman–Crippen LogP) is 2.91. The van der Waals surface area contributed by atoms with Crippen LogP contribution in [0.25, 0.3) is 10.9 Å². The Morgan fingerprint density at radius 2 is 1.93 bits per heavy atom. The molecule has 0 aliphatic carbocycles. The van der Waals surface area contributed by atoms with E-state index >= 15 is 0 Å². The molecule has 3 N–H and O–H groups in total. The van der Waals surface area contributed by atoms with Gasteiger partial charge in [-0.25, -0.2) is 0 Å². The summed E-state index contributed by atoms with van der Waals surface area (Å²) < 4.78 is 0. The number of carbonyl (C=O) groups is 3. The van der Waals surface area contributed by atoms with Crippen LogP contribution in [0.3, 0.4) is 0 Å². The molecule has 0 fully saturated rings. The molecule has 3 amide bonds. The Balaban J connectivity index is 1.61. The van der Waals surface area contributed by atoms with Crippen molar-refractivity contribution < 1.29 is 14.4 Å². The Kier molecular flexibility index (Phi) is 4.80. The van der Waals surface area contributed by atoms with E-state index in [1.54, 1.807) is 24.3 Å². The minimum absolute atomic E-state index is 0.110. The number of benzene rings is 2. The smallest absolute Gasteiger partial charge is 0.254 e. The van der Waals surface area contributed by atoms with E-state index in [1.165, 1.54) is 4.90 Å². The monoisotopic (exact) mass is 390 g/mol. The first kappa shape index (κ1) is 18.7. The van der Waals surface area contributed by atoms with Crippen molar-refractivity contribution in [2.75, 3.05) is 16.8 Å². The molecule has 7 heteroatoms. The SMILES string of the molecule is CC(C)[C@H]1NC(=O)c2ccccc2N(CC(=O)Nc2ccc3cc[nH]c3c2)C1=O. The molecule has 1 aliphatic heterocycles. The van der Waals surface area contributed by atoms with Crippen molar-refractivity contribution in [1.29, 1.82) is 0 Å². The van der Waals surface area contributed by atoms with E-state index in [0.717, 1.165) is 10.9 Å². The molecule has 1 atom stereocenters. The Morgan fingerprint density at radius 3 is 2.72 bits per heavy atom. The third kappa shape index (κ3) is 3.59. The molecule has 1 aliphatic rings. The molecule has 2 aromatic carbocycles. The number of nitrogens with one attached hydrogen (secondary N) is 3. The molecule has 0 bridgehead atoms. The minimum Gasteiger partial charge on any atom is -0.361 e. The number of hydrogen-bond donors (Lipinski definition) is 3. The summed E-state index contributed by atoms with van der Waals surface area (Å²) >= 11 is 0. The maximum Gasteiger partial charge on any atom is 0.254 e. The van der Waals surface area contributed by atoms with E-state index in [0.29, 0.717) is 16.9 Å². The van der Waals surface area contributed by atoms with Crippen molar-refractivity contribution in [3.8, 4) is 0 Å². The summed E-state index contributed by atoms with van der Waals surface area (Å²) in [5.74, 6) is -1.06. The molecule has 148 valence electrons. The summed E-state index contributed by atoms with van der Waals surface area (Å²) in [6.45, 7) is 3.54. The fourth-order valence-corrected chi connectivity index (χ4v) is 3.55. The lowest BCUT2D eigenvalue weighted by molar-refractivity contribution is -0.123. The van der Waals surface area contributed by atoms with Crippen molar-refractivity contribution in [2.24, 2.45) is 5.92 Å². The molecule has 7 nitrogen and oxygen atoms in total. The number of nitrogens with zero attached hydrogens (tertiary/aromatic N) is 1. The fraction of sp³-hybridized carbons (Fsp3) is 0.227. The highest BCUT2D eigenvalue weighted by molar-refractivity contribution is 6.13. The van der Waals surface area contributed by atoms with Gasteiger partial charge in [-0.1, -0.05) is 32.0 Å². The van der Waals surface area contributed by atoms with Crippen molar-refractivity contribution in [3.63, 3.8) is 0 Å². The maximum atomic E-state index is 13.1. The topological polar surface area (TPSA) is 94.3 Å². The zero-order chi connectivity index (χ0) is 20.5. The second kappa shape index (κ2) is 7.43. The summed E-state index contributed by atoms with van der Waals surface area (Å²) in [7, 11) is 0. The van der Waals surface area contributed by atoms with Gasteiger partial charge < -0.3 is 20.5 Å². The quantitative estimate of drug-likeness (QED) is 0.639. The number of anilines is 2. The zero-order valence-corrected chi connectivity index (χ0v) is 16.2. The van der Waals surface area contributed by atoms with Crippen LogP contribution in [0.5, 0.6) is 0 Å². The van der Waals surface area contributed by atoms with E-state index in [2.05, 4.69) is 15.6 Å². The van der Waals surface area contributed by atoms with Gasteiger partial charge in [0.15, 0.2) is 0 Å². The summed E-state index contributed by atoms with van der Waals surface area (Å²) in [6.07, 6.45) is 1.83. The Bertz CT molecular complexity index is 1100. The van der Waals surface area contributed by atoms with E-state index in [9.17, 15) is 14.4 Å². The maximum absolute atomic E-state index is 13.1. The molecule has 4 rings (SSSR count). The second-order valence-corrected chi connectivity index (χ2v) is 7.46. The second-order valence-electron chi connectivity index (χ2n) is 7.46. The number of aromatic nitrogens is 1. The minimum atomic E-state index is -0.696. The number of fused-ring (bicyclic) bond motifs is 2. The van der Waals surface area contributed by atoms with Gasteiger partial charge in [-0.2, -0.15) is 0 Å². The molecular formula is C22H22N4O3. The normalized spacial score (nSPS) is 16.5. The first-order valence-electron chi connectivity index (χ1n) is 9.52. The van der Waals surface area contributed by atoms with E-state index < -0.39 is 6.04 Å². The van der Waals surface area contributed by atoms with E-state index in [1.807, 2.05) is 44.3 Å². The molecule has 0 saturated heterocycles. The number of H-pyrrole nitrogens is 1. The van der Waals surface area contributed by atoms with Crippen LogP contribution in [0.15, 0.2) is 54.7 Å². The van der Waals surface area contributed by atoms with Crippen LogP contribution in [0.1, 0.15) is 24.2 Å². The highest BCUT2D eigenvalue weighted by Gasteiger charge is 2.36. The standard InChI is InChI=1S/C22H22N4O3/c1-13(2)20-22(29)26(18-6-4-3-5-16(18)21(28)25-20)12-19(27)24-15-8-7-14-9-10-23-17(14)11-15/h3-11,13,20,23H,12H2,1-2H3,(H,24,27)(H,25,28)/t20-/m1/s1. The van der Waals surface area contributed by atoms with Crippen LogP contribution in [-0.4, -0.2) is 35.3 Å². The zero-order valence-electron chi connectivity index (χ0n) is 16.2. The lowest BCUT2D eigenvalue weighted by Crippen LogP contribution is -2.50. The van der Waals surface area contributed by atoms with Gasteiger partial charge in [0.05, 0.1) is 11.3 Å². The largest absolute Gasteiger partial charge is 0.361 e. The third-order valence-electron chi connectivity index (χ3n) is 5.07. The van der Waals surface area contributed by atoms with Crippen LogP contribution in [0.2, 0.25) is 0 Å². The first-order valence-corrected chi connectivity index (χ1v) is 9.52.